The largest absolute Gasteiger partial charge is 0.314 e. The molecule has 0 spiro atoms. The molecule has 0 bridgehead atoms. The summed E-state index contributed by atoms with van der Waals surface area (Å²) in [5, 5.41) is 14.1. The van der Waals surface area contributed by atoms with Gasteiger partial charge in [-0.05, 0) is 19.4 Å². The Morgan fingerprint density at radius 3 is 3.00 bits per heavy atom. The van der Waals surface area contributed by atoms with Gasteiger partial charge in [0.1, 0.15) is 0 Å². The van der Waals surface area contributed by atoms with E-state index in [1.54, 1.807) is 12.1 Å². The molecule has 19 heavy (non-hydrogen) atoms. The van der Waals surface area contributed by atoms with Gasteiger partial charge in [0.25, 0.3) is 5.69 Å². The number of nitro groups is 1. The first kappa shape index (κ1) is 13.7. The van der Waals surface area contributed by atoms with E-state index >= 15 is 0 Å². The summed E-state index contributed by atoms with van der Waals surface area (Å²) in [5.41, 5.74) is 0.403. The summed E-state index contributed by atoms with van der Waals surface area (Å²) in [7, 11) is 0. The monoisotopic (exact) mass is 262 g/mol. The zero-order valence-corrected chi connectivity index (χ0v) is 10.8. The minimum absolute atomic E-state index is 0.0249. The summed E-state index contributed by atoms with van der Waals surface area (Å²) in [6, 6.07) is 6.17. The molecule has 1 aromatic rings. The maximum Gasteiger partial charge on any atom is 0.270 e. The van der Waals surface area contributed by atoms with E-state index in [1.165, 1.54) is 18.6 Å². The van der Waals surface area contributed by atoms with Gasteiger partial charge in [-0.15, -0.1) is 0 Å². The lowest BCUT2D eigenvalue weighted by Crippen LogP contribution is -2.30. The van der Waals surface area contributed by atoms with Crippen molar-refractivity contribution in [3.8, 4) is 0 Å². The van der Waals surface area contributed by atoms with Crippen molar-refractivity contribution < 1.29 is 9.72 Å². The maximum atomic E-state index is 12.1. The van der Waals surface area contributed by atoms with Gasteiger partial charge < -0.3 is 5.32 Å². The number of non-ortho nitro benzene ring substituents is 1. The van der Waals surface area contributed by atoms with E-state index in [4.69, 9.17) is 0 Å². The quantitative estimate of drug-likeness (QED) is 0.514. The van der Waals surface area contributed by atoms with Crippen molar-refractivity contribution in [3.05, 3.63) is 39.9 Å². The van der Waals surface area contributed by atoms with Crippen LogP contribution in [0.5, 0.6) is 0 Å². The summed E-state index contributed by atoms with van der Waals surface area (Å²) < 4.78 is 0. The number of nitrogens with one attached hydrogen (secondary N) is 1. The van der Waals surface area contributed by atoms with Crippen LogP contribution in [0.2, 0.25) is 0 Å². The third-order valence-electron chi connectivity index (χ3n) is 3.47. The second kappa shape index (κ2) is 6.43. The predicted octanol–water partition coefficient (Wildman–Crippen LogP) is 2.70. The number of nitro benzene ring substituents is 1. The standard InChI is InChI=1S/C14H18N2O3/c17-14(10-12-6-2-1-3-8-15-12)11-5-4-7-13(9-11)16(18)19/h4-5,7,9,12,15H,1-3,6,8,10H2. The molecule has 1 N–H and O–H groups in total. The molecule has 2 rings (SSSR count). The fourth-order valence-corrected chi connectivity index (χ4v) is 2.41. The van der Waals surface area contributed by atoms with Gasteiger partial charge in [-0.25, -0.2) is 0 Å². The van der Waals surface area contributed by atoms with E-state index in [2.05, 4.69) is 5.32 Å². The lowest BCUT2D eigenvalue weighted by Gasteiger charge is -2.14. The number of carbonyl (C=O) groups excluding carboxylic acids is 1. The molecule has 5 heteroatoms. The van der Waals surface area contributed by atoms with Gasteiger partial charge in [0.2, 0.25) is 0 Å². The van der Waals surface area contributed by atoms with Crippen LogP contribution in [-0.2, 0) is 0 Å². The minimum atomic E-state index is -0.472. The fraction of sp³-hybridized carbons (Fsp3) is 0.500. The highest BCUT2D eigenvalue weighted by Crippen LogP contribution is 2.17. The summed E-state index contributed by atoms with van der Waals surface area (Å²) in [6.45, 7) is 0.951. The summed E-state index contributed by atoms with van der Waals surface area (Å²) >= 11 is 0. The van der Waals surface area contributed by atoms with Gasteiger partial charge >= 0.3 is 0 Å². The highest BCUT2D eigenvalue weighted by molar-refractivity contribution is 5.97. The number of rotatable bonds is 4. The van der Waals surface area contributed by atoms with Crippen molar-refractivity contribution in [1.82, 2.24) is 5.32 Å². The van der Waals surface area contributed by atoms with E-state index in [9.17, 15) is 14.9 Å². The smallest absolute Gasteiger partial charge is 0.270 e. The number of ketones is 1. The first-order chi connectivity index (χ1) is 9.16. The van der Waals surface area contributed by atoms with Crippen molar-refractivity contribution in [2.24, 2.45) is 0 Å². The molecular formula is C14H18N2O3. The Bertz CT molecular complexity index is 466. The second-order valence-corrected chi connectivity index (χ2v) is 4.94. The molecule has 102 valence electrons. The molecule has 1 saturated heterocycles. The molecule has 1 aromatic carbocycles. The molecule has 0 aromatic heterocycles. The van der Waals surface area contributed by atoms with Crippen LogP contribution in [-0.4, -0.2) is 23.3 Å². The summed E-state index contributed by atoms with van der Waals surface area (Å²) in [4.78, 5) is 22.4. The number of benzene rings is 1. The molecular weight excluding hydrogens is 244 g/mol. The molecule has 1 atom stereocenters. The first-order valence-corrected chi connectivity index (χ1v) is 6.68. The number of hydrogen-bond acceptors (Lipinski definition) is 4. The Balaban J connectivity index is 2.02. The van der Waals surface area contributed by atoms with E-state index < -0.39 is 4.92 Å². The Morgan fingerprint density at radius 2 is 2.21 bits per heavy atom. The number of Topliss-reactive ketones (excluding diaryl/α,β-unsaturated/α-hetero) is 1. The molecule has 1 aliphatic heterocycles. The SMILES string of the molecule is O=C(CC1CCCCCN1)c1cccc([N+](=O)[O-])c1. The number of carbonyl (C=O) groups is 1. The first-order valence-electron chi connectivity index (χ1n) is 6.68. The normalized spacial score (nSPS) is 19.7. The van der Waals surface area contributed by atoms with Gasteiger partial charge in [-0.3, -0.25) is 14.9 Å². The molecule has 1 heterocycles. The molecule has 0 amide bonds. The van der Waals surface area contributed by atoms with Crippen LogP contribution in [0, 0.1) is 10.1 Å². The Hall–Kier alpha value is -1.75. The average molecular weight is 262 g/mol. The van der Waals surface area contributed by atoms with Crippen LogP contribution in [0.3, 0.4) is 0 Å². The highest BCUT2D eigenvalue weighted by Gasteiger charge is 2.18. The maximum absolute atomic E-state index is 12.1. The van der Waals surface area contributed by atoms with E-state index in [0.29, 0.717) is 12.0 Å². The third kappa shape index (κ3) is 3.86. The molecule has 1 aliphatic rings. The van der Waals surface area contributed by atoms with Crippen molar-refractivity contribution in [2.45, 2.75) is 38.1 Å². The van der Waals surface area contributed by atoms with Crippen LogP contribution in [0.25, 0.3) is 0 Å². The third-order valence-corrected chi connectivity index (χ3v) is 3.47. The van der Waals surface area contributed by atoms with Crippen LogP contribution >= 0.6 is 0 Å². The summed E-state index contributed by atoms with van der Waals surface area (Å²) in [5.74, 6) is -0.0249. The Labute approximate surface area is 112 Å². The summed E-state index contributed by atoms with van der Waals surface area (Å²) in [6.07, 6.45) is 4.91. The minimum Gasteiger partial charge on any atom is -0.314 e. The average Bonchev–Trinajstić information content (AvgIpc) is 2.67. The Morgan fingerprint density at radius 1 is 1.37 bits per heavy atom. The van der Waals surface area contributed by atoms with Crippen LogP contribution in [0.1, 0.15) is 42.5 Å². The van der Waals surface area contributed by atoms with Gasteiger partial charge in [-0.2, -0.15) is 0 Å². The van der Waals surface area contributed by atoms with E-state index in [0.717, 1.165) is 25.8 Å². The number of nitrogens with zero attached hydrogens (tertiary/aromatic N) is 1. The van der Waals surface area contributed by atoms with Crippen molar-refractivity contribution in [2.75, 3.05) is 6.54 Å². The molecule has 1 fully saturated rings. The van der Waals surface area contributed by atoms with E-state index in [1.807, 2.05) is 0 Å². The van der Waals surface area contributed by atoms with Crippen molar-refractivity contribution in [3.63, 3.8) is 0 Å². The zero-order chi connectivity index (χ0) is 13.7. The molecule has 1 unspecified atom stereocenters. The molecule has 5 nitrogen and oxygen atoms in total. The topological polar surface area (TPSA) is 72.2 Å². The van der Waals surface area contributed by atoms with E-state index in [-0.39, 0.29) is 17.5 Å². The lowest BCUT2D eigenvalue weighted by molar-refractivity contribution is -0.384. The van der Waals surface area contributed by atoms with Gasteiger partial charge in [-0.1, -0.05) is 25.0 Å². The van der Waals surface area contributed by atoms with Crippen LogP contribution in [0.15, 0.2) is 24.3 Å². The highest BCUT2D eigenvalue weighted by atomic mass is 16.6. The van der Waals surface area contributed by atoms with Gasteiger partial charge in [0.15, 0.2) is 5.78 Å². The van der Waals surface area contributed by atoms with Gasteiger partial charge in [0.05, 0.1) is 4.92 Å². The number of hydrogen-bond donors (Lipinski definition) is 1. The van der Waals surface area contributed by atoms with Crippen molar-refractivity contribution in [1.29, 1.82) is 0 Å². The molecule has 0 radical (unpaired) electrons. The Kier molecular flexibility index (Phi) is 4.63. The van der Waals surface area contributed by atoms with Gasteiger partial charge in [0, 0.05) is 30.2 Å². The molecule has 0 saturated carbocycles. The lowest BCUT2D eigenvalue weighted by atomic mass is 10.0. The second-order valence-electron chi connectivity index (χ2n) is 4.94. The zero-order valence-electron chi connectivity index (χ0n) is 10.8. The molecule has 0 aliphatic carbocycles. The van der Waals surface area contributed by atoms with Crippen molar-refractivity contribution >= 4 is 11.5 Å². The fourth-order valence-electron chi connectivity index (χ4n) is 2.41. The van der Waals surface area contributed by atoms with Crippen LogP contribution in [0.4, 0.5) is 5.69 Å². The predicted molar refractivity (Wildman–Crippen MR) is 72.3 cm³/mol. The van der Waals surface area contributed by atoms with Crippen LogP contribution < -0.4 is 5.32 Å².